The molecule has 0 radical (unpaired) electrons. The molecule has 0 aromatic heterocycles. The minimum Gasteiger partial charge on any atom is -0.497 e. The molecule has 0 saturated carbocycles. The van der Waals surface area contributed by atoms with Crippen LogP contribution in [0.4, 0.5) is 0 Å². The van der Waals surface area contributed by atoms with Gasteiger partial charge in [-0.25, -0.2) is 0 Å². The lowest BCUT2D eigenvalue weighted by Crippen LogP contribution is -1.99. The summed E-state index contributed by atoms with van der Waals surface area (Å²) in [6.07, 6.45) is 1.27. The summed E-state index contributed by atoms with van der Waals surface area (Å²) in [5, 5.41) is 0. The number of hydrogen-bond acceptors (Lipinski definition) is 4. The number of sulfonamides is 1. The van der Waals surface area contributed by atoms with Crippen LogP contribution in [0.2, 0.25) is 0 Å². The molecule has 0 aliphatic carbocycles. The second-order valence-electron chi connectivity index (χ2n) is 4.63. The molecule has 0 saturated heterocycles. The molecule has 5 nitrogen and oxygen atoms in total. The largest absolute Gasteiger partial charge is 0.497 e. The molecule has 0 aliphatic rings. The third-order valence-electron chi connectivity index (χ3n) is 3.09. The second-order valence-corrected chi connectivity index (χ2v) is 6.26. The Morgan fingerprint density at radius 2 is 1.68 bits per heavy atom. The van der Waals surface area contributed by atoms with Gasteiger partial charge in [0.25, 0.3) is 10.0 Å². The van der Waals surface area contributed by atoms with Crippen LogP contribution < -0.4 is 9.47 Å². The molecule has 0 N–H and O–H groups in total. The maximum absolute atomic E-state index is 12.2. The van der Waals surface area contributed by atoms with Gasteiger partial charge in [-0.1, -0.05) is 17.7 Å². The van der Waals surface area contributed by atoms with Crippen LogP contribution in [0.15, 0.2) is 51.8 Å². The molecule has 0 fully saturated rings. The summed E-state index contributed by atoms with van der Waals surface area (Å²) in [6.45, 7) is 1.89. The fourth-order valence-electron chi connectivity index (χ4n) is 1.82. The van der Waals surface area contributed by atoms with Crippen LogP contribution in [0.3, 0.4) is 0 Å². The van der Waals surface area contributed by atoms with E-state index in [0.717, 1.165) is 5.56 Å². The quantitative estimate of drug-likeness (QED) is 0.795. The number of benzene rings is 2. The monoisotopic (exact) mass is 319 g/mol. The normalized spacial score (nSPS) is 11.6. The van der Waals surface area contributed by atoms with E-state index in [4.69, 9.17) is 9.47 Å². The van der Waals surface area contributed by atoms with Gasteiger partial charge in [0, 0.05) is 11.6 Å². The summed E-state index contributed by atoms with van der Waals surface area (Å²) in [5.74, 6) is 1.11. The van der Waals surface area contributed by atoms with Crippen molar-refractivity contribution in [2.24, 2.45) is 4.40 Å². The SMILES string of the molecule is COc1ccc(C=NS(=O)(=O)c2ccc(C)cc2)c(OC)c1. The van der Waals surface area contributed by atoms with Crippen molar-refractivity contribution in [3.63, 3.8) is 0 Å². The standard InChI is InChI=1S/C16H17NO4S/c1-12-4-8-15(9-5-12)22(18,19)17-11-13-6-7-14(20-2)10-16(13)21-3/h4-11H,1-3H3. The van der Waals surface area contributed by atoms with Crippen LogP contribution in [-0.2, 0) is 10.0 Å². The van der Waals surface area contributed by atoms with Crippen molar-refractivity contribution in [1.29, 1.82) is 0 Å². The van der Waals surface area contributed by atoms with Crippen LogP contribution in [-0.4, -0.2) is 28.9 Å². The molecule has 0 heterocycles. The number of hydrogen-bond donors (Lipinski definition) is 0. The minimum absolute atomic E-state index is 0.154. The summed E-state index contributed by atoms with van der Waals surface area (Å²) in [6, 6.07) is 11.6. The molecular weight excluding hydrogens is 302 g/mol. The zero-order valence-corrected chi connectivity index (χ0v) is 13.4. The van der Waals surface area contributed by atoms with Gasteiger partial charge in [0.15, 0.2) is 0 Å². The van der Waals surface area contributed by atoms with E-state index >= 15 is 0 Å². The Bertz CT molecular complexity index is 780. The van der Waals surface area contributed by atoms with E-state index in [-0.39, 0.29) is 4.90 Å². The van der Waals surface area contributed by atoms with Gasteiger partial charge in [-0.2, -0.15) is 12.8 Å². The molecule has 0 unspecified atom stereocenters. The first-order valence-electron chi connectivity index (χ1n) is 6.55. The minimum atomic E-state index is -3.73. The van der Waals surface area contributed by atoms with Crippen LogP contribution in [0.25, 0.3) is 0 Å². The summed E-state index contributed by atoms with van der Waals surface area (Å²) in [4.78, 5) is 0.154. The Kier molecular flexibility index (Phi) is 4.82. The summed E-state index contributed by atoms with van der Waals surface area (Å²) < 4.78 is 38.4. The second kappa shape index (κ2) is 6.62. The van der Waals surface area contributed by atoms with E-state index in [0.29, 0.717) is 17.1 Å². The maximum atomic E-state index is 12.2. The highest BCUT2D eigenvalue weighted by molar-refractivity contribution is 7.90. The molecule has 0 spiro atoms. The van der Waals surface area contributed by atoms with Gasteiger partial charge in [-0.05, 0) is 31.2 Å². The van der Waals surface area contributed by atoms with E-state index in [1.54, 1.807) is 37.4 Å². The van der Waals surface area contributed by atoms with E-state index in [1.165, 1.54) is 25.5 Å². The Balaban J connectivity index is 2.33. The van der Waals surface area contributed by atoms with Gasteiger partial charge >= 0.3 is 0 Å². The van der Waals surface area contributed by atoms with E-state index in [1.807, 2.05) is 6.92 Å². The van der Waals surface area contributed by atoms with Crippen molar-refractivity contribution in [2.75, 3.05) is 14.2 Å². The van der Waals surface area contributed by atoms with E-state index < -0.39 is 10.0 Å². The number of nitrogens with zero attached hydrogens (tertiary/aromatic N) is 1. The first-order chi connectivity index (χ1) is 10.5. The van der Waals surface area contributed by atoms with Crippen molar-refractivity contribution in [3.8, 4) is 11.5 Å². The van der Waals surface area contributed by atoms with Gasteiger partial charge in [0.2, 0.25) is 0 Å². The predicted octanol–water partition coefficient (Wildman–Crippen LogP) is 2.82. The third-order valence-corrected chi connectivity index (χ3v) is 4.34. The Hall–Kier alpha value is -2.34. The lowest BCUT2D eigenvalue weighted by atomic mass is 10.2. The molecule has 2 aromatic carbocycles. The first-order valence-corrected chi connectivity index (χ1v) is 7.99. The Labute approximate surface area is 130 Å². The summed E-state index contributed by atoms with van der Waals surface area (Å²) in [5.41, 5.74) is 1.54. The molecule has 6 heteroatoms. The third kappa shape index (κ3) is 3.65. The zero-order chi connectivity index (χ0) is 16.2. The maximum Gasteiger partial charge on any atom is 0.282 e. The fourth-order valence-corrected chi connectivity index (χ4v) is 2.68. The number of methoxy groups -OCH3 is 2. The fraction of sp³-hybridized carbons (Fsp3) is 0.188. The predicted molar refractivity (Wildman–Crippen MR) is 85.5 cm³/mol. The van der Waals surface area contributed by atoms with E-state index in [9.17, 15) is 8.42 Å². The van der Waals surface area contributed by atoms with Gasteiger partial charge in [-0.3, -0.25) is 0 Å². The lowest BCUT2D eigenvalue weighted by Gasteiger charge is -2.07. The number of ether oxygens (including phenoxy) is 2. The lowest BCUT2D eigenvalue weighted by molar-refractivity contribution is 0.394. The highest BCUT2D eigenvalue weighted by Gasteiger charge is 2.12. The summed E-state index contributed by atoms with van der Waals surface area (Å²) >= 11 is 0. The summed E-state index contributed by atoms with van der Waals surface area (Å²) in [7, 11) is -0.687. The van der Waals surface area contributed by atoms with Gasteiger partial charge in [-0.15, -0.1) is 0 Å². The van der Waals surface area contributed by atoms with Crippen LogP contribution in [0.5, 0.6) is 11.5 Å². The average molecular weight is 319 g/mol. The van der Waals surface area contributed by atoms with Crippen molar-refractivity contribution in [2.45, 2.75) is 11.8 Å². The number of rotatable bonds is 5. The Morgan fingerprint density at radius 3 is 2.27 bits per heavy atom. The molecule has 2 rings (SSSR count). The molecule has 2 aromatic rings. The molecule has 0 bridgehead atoms. The van der Waals surface area contributed by atoms with Gasteiger partial charge in [0.05, 0.1) is 25.3 Å². The Morgan fingerprint density at radius 1 is 1.00 bits per heavy atom. The molecule has 22 heavy (non-hydrogen) atoms. The molecular formula is C16H17NO4S. The van der Waals surface area contributed by atoms with Crippen LogP contribution >= 0.6 is 0 Å². The molecule has 0 atom stereocenters. The van der Waals surface area contributed by atoms with Crippen molar-refractivity contribution < 1.29 is 17.9 Å². The van der Waals surface area contributed by atoms with Crippen molar-refractivity contribution >= 4 is 16.2 Å². The van der Waals surface area contributed by atoms with Gasteiger partial charge < -0.3 is 9.47 Å². The van der Waals surface area contributed by atoms with Crippen LogP contribution in [0, 0.1) is 6.92 Å². The highest BCUT2D eigenvalue weighted by Crippen LogP contribution is 2.23. The topological polar surface area (TPSA) is 65.0 Å². The van der Waals surface area contributed by atoms with Crippen LogP contribution in [0.1, 0.15) is 11.1 Å². The number of aryl methyl sites for hydroxylation is 1. The highest BCUT2D eigenvalue weighted by atomic mass is 32.2. The smallest absolute Gasteiger partial charge is 0.282 e. The molecule has 116 valence electrons. The zero-order valence-electron chi connectivity index (χ0n) is 12.6. The van der Waals surface area contributed by atoms with E-state index in [2.05, 4.69) is 4.40 Å². The average Bonchev–Trinajstić information content (AvgIpc) is 2.53. The molecule has 0 aliphatic heterocycles. The first kappa shape index (κ1) is 16.0. The van der Waals surface area contributed by atoms with Crippen molar-refractivity contribution in [1.82, 2.24) is 0 Å². The molecule has 0 amide bonds. The van der Waals surface area contributed by atoms with Gasteiger partial charge in [0.1, 0.15) is 11.5 Å². The van der Waals surface area contributed by atoms with Crippen molar-refractivity contribution in [3.05, 3.63) is 53.6 Å².